The average molecular weight is 274 g/mol. The maximum absolute atomic E-state index is 10.8. The highest BCUT2D eigenvalue weighted by atomic mass is 35.5. The van der Waals surface area contributed by atoms with Crippen molar-refractivity contribution in [2.24, 2.45) is 0 Å². The van der Waals surface area contributed by atoms with Gasteiger partial charge in [0.15, 0.2) is 17.6 Å². The third-order valence-corrected chi connectivity index (χ3v) is 2.54. The first kappa shape index (κ1) is 14.6. The minimum Gasteiger partial charge on any atom is -0.493 e. The lowest BCUT2D eigenvalue weighted by atomic mass is 10.1. The van der Waals surface area contributed by atoms with Crippen molar-refractivity contribution < 1.29 is 19.4 Å². The molecular weight excluding hydrogens is 258 g/mol. The van der Waals surface area contributed by atoms with Crippen molar-refractivity contribution in [3.05, 3.63) is 22.7 Å². The van der Waals surface area contributed by atoms with Crippen LogP contribution in [-0.4, -0.2) is 31.3 Å². The van der Waals surface area contributed by atoms with Gasteiger partial charge in [0, 0.05) is 23.2 Å². The molecule has 6 heteroatoms. The van der Waals surface area contributed by atoms with Gasteiger partial charge in [-0.3, -0.25) is 0 Å². The number of nitrogens with one attached hydrogen (secondary N) is 1. The molecule has 0 fully saturated rings. The van der Waals surface area contributed by atoms with E-state index in [1.807, 2.05) is 0 Å². The van der Waals surface area contributed by atoms with Gasteiger partial charge in [-0.1, -0.05) is 11.6 Å². The highest BCUT2D eigenvalue weighted by molar-refractivity contribution is 6.30. The predicted octanol–water partition coefficient (Wildman–Crippen LogP) is 1.92. The minimum atomic E-state index is -1.04. The molecule has 1 aromatic rings. The highest BCUT2D eigenvalue weighted by Gasteiger charge is 2.19. The van der Waals surface area contributed by atoms with Gasteiger partial charge < -0.3 is 19.9 Å². The first-order valence-electron chi connectivity index (χ1n) is 5.40. The quantitative estimate of drug-likeness (QED) is 0.829. The van der Waals surface area contributed by atoms with Crippen molar-refractivity contribution >= 4 is 17.6 Å². The van der Waals surface area contributed by atoms with E-state index in [1.165, 1.54) is 14.0 Å². The van der Waals surface area contributed by atoms with E-state index in [4.69, 9.17) is 26.2 Å². The van der Waals surface area contributed by atoms with Gasteiger partial charge in [-0.05, 0) is 20.0 Å². The van der Waals surface area contributed by atoms with Crippen molar-refractivity contribution in [2.45, 2.75) is 19.6 Å². The first-order chi connectivity index (χ1) is 8.49. The average Bonchev–Trinajstić information content (AvgIpc) is 2.31. The van der Waals surface area contributed by atoms with E-state index < -0.39 is 12.1 Å². The largest absolute Gasteiger partial charge is 0.493 e. The summed E-state index contributed by atoms with van der Waals surface area (Å²) < 4.78 is 10.6. The van der Waals surface area contributed by atoms with E-state index >= 15 is 0 Å². The normalized spacial score (nSPS) is 12.0. The Morgan fingerprint density at radius 3 is 2.72 bits per heavy atom. The Bertz CT molecular complexity index is 436. The fraction of sp³-hybridized carbons (Fsp3) is 0.417. The molecule has 0 radical (unpaired) electrons. The van der Waals surface area contributed by atoms with Crippen LogP contribution >= 0.6 is 11.6 Å². The number of carbonyl (C=O) groups is 1. The second kappa shape index (κ2) is 6.47. The number of methoxy groups -OCH3 is 1. The molecule has 0 spiro atoms. The minimum absolute atomic E-state index is 0.395. The third-order valence-electron chi connectivity index (χ3n) is 2.33. The second-order valence-corrected chi connectivity index (χ2v) is 4.16. The molecular formula is C12H16ClNO4. The molecule has 0 saturated carbocycles. The Balaban J connectivity index is 3.15. The van der Waals surface area contributed by atoms with E-state index in [0.717, 1.165) is 5.56 Å². The summed E-state index contributed by atoms with van der Waals surface area (Å²) in [6, 6.07) is 3.30. The van der Waals surface area contributed by atoms with Crippen molar-refractivity contribution in [3.8, 4) is 11.5 Å². The number of halogens is 1. The summed E-state index contributed by atoms with van der Waals surface area (Å²) in [5.41, 5.74) is 0.745. The molecule has 1 aromatic carbocycles. The molecule has 1 rings (SSSR count). The van der Waals surface area contributed by atoms with Crippen LogP contribution in [0.4, 0.5) is 0 Å². The number of benzene rings is 1. The van der Waals surface area contributed by atoms with Crippen LogP contribution in [0.25, 0.3) is 0 Å². The van der Waals surface area contributed by atoms with E-state index in [1.54, 1.807) is 19.2 Å². The number of carboxylic acids is 1. The van der Waals surface area contributed by atoms with E-state index in [2.05, 4.69) is 5.32 Å². The van der Waals surface area contributed by atoms with Gasteiger partial charge in [0.05, 0.1) is 7.11 Å². The zero-order chi connectivity index (χ0) is 13.7. The van der Waals surface area contributed by atoms with Crippen molar-refractivity contribution in [1.29, 1.82) is 0 Å². The van der Waals surface area contributed by atoms with E-state index in [9.17, 15) is 4.79 Å². The summed E-state index contributed by atoms with van der Waals surface area (Å²) in [6.07, 6.45) is -0.962. The maximum Gasteiger partial charge on any atom is 0.344 e. The van der Waals surface area contributed by atoms with Crippen molar-refractivity contribution in [2.75, 3.05) is 14.2 Å². The van der Waals surface area contributed by atoms with E-state index in [-0.39, 0.29) is 0 Å². The van der Waals surface area contributed by atoms with Gasteiger partial charge >= 0.3 is 5.97 Å². The molecule has 1 unspecified atom stereocenters. The van der Waals surface area contributed by atoms with Crippen LogP contribution in [0.1, 0.15) is 12.5 Å². The van der Waals surface area contributed by atoms with Crippen LogP contribution in [0, 0.1) is 0 Å². The van der Waals surface area contributed by atoms with Gasteiger partial charge in [-0.15, -0.1) is 0 Å². The molecule has 0 aliphatic carbocycles. The SMILES string of the molecule is CNCc1cc(Cl)cc(OC)c1OC(C)C(=O)O. The molecule has 0 heterocycles. The summed E-state index contributed by atoms with van der Waals surface area (Å²) in [4.78, 5) is 10.8. The summed E-state index contributed by atoms with van der Waals surface area (Å²) in [6.45, 7) is 1.96. The number of hydrogen-bond donors (Lipinski definition) is 2. The molecule has 5 nitrogen and oxygen atoms in total. The van der Waals surface area contributed by atoms with Crippen molar-refractivity contribution in [3.63, 3.8) is 0 Å². The van der Waals surface area contributed by atoms with Gasteiger partial charge in [0.25, 0.3) is 0 Å². The first-order valence-corrected chi connectivity index (χ1v) is 5.77. The van der Waals surface area contributed by atoms with Gasteiger partial charge in [0.1, 0.15) is 0 Å². The van der Waals surface area contributed by atoms with Crippen LogP contribution < -0.4 is 14.8 Å². The number of aliphatic carboxylic acids is 1. The summed E-state index contributed by atoms with van der Waals surface area (Å²) in [5.74, 6) is -0.227. The lowest BCUT2D eigenvalue weighted by Crippen LogP contribution is -2.24. The lowest BCUT2D eigenvalue weighted by Gasteiger charge is -2.17. The Morgan fingerprint density at radius 1 is 1.56 bits per heavy atom. The predicted molar refractivity (Wildman–Crippen MR) is 68.5 cm³/mol. The van der Waals surface area contributed by atoms with Crippen LogP contribution in [0.2, 0.25) is 5.02 Å². The fourth-order valence-corrected chi connectivity index (χ4v) is 1.69. The molecule has 0 bridgehead atoms. The smallest absolute Gasteiger partial charge is 0.344 e. The molecule has 0 saturated heterocycles. The summed E-state index contributed by atoms with van der Waals surface area (Å²) in [7, 11) is 3.25. The number of rotatable bonds is 6. The van der Waals surface area contributed by atoms with Crippen LogP contribution in [0.5, 0.6) is 11.5 Å². The molecule has 18 heavy (non-hydrogen) atoms. The Hall–Kier alpha value is -1.46. The number of carboxylic acid groups (broad SMARTS) is 1. The molecule has 0 aliphatic rings. The number of ether oxygens (including phenoxy) is 2. The molecule has 1 atom stereocenters. The Morgan fingerprint density at radius 2 is 2.22 bits per heavy atom. The van der Waals surface area contributed by atoms with Crippen molar-refractivity contribution in [1.82, 2.24) is 5.32 Å². The molecule has 2 N–H and O–H groups in total. The topological polar surface area (TPSA) is 67.8 Å². The van der Waals surface area contributed by atoms with Gasteiger partial charge in [-0.2, -0.15) is 0 Å². The summed E-state index contributed by atoms with van der Waals surface area (Å²) >= 11 is 5.96. The maximum atomic E-state index is 10.8. The third kappa shape index (κ3) is 3.51. The second-order valence-electron chi connectivity index (χ2n) is 3.72. The van der Waals surface area contributed by atoms with Crippen LogP contribution in [-0.2, 0) is 11.3 Å². The number of hydrogen-bond acceptors (Lipinski definition) is 4. The Kier molecular flexibility index (Phi) is 5.25. The van der Waals surface area contributed by atoms with Crippen LogP contribution in [0.3, 0.4) is 0 Å². The highest BCUT2D eigenvalue weighted by Crippen LogP contribution is 2.35. The Labute approximate surface area is 111 Å². The molecule has 0 aromatic heterocycles. The van der Waals surface area contributed by atoms with Gasteiger partial charge in [0.2, 0.25) is 0 Å². The lowest BCUT2D eigenvalue weighted by molar-refractivity contribution is -0.144. The zero-order valence-electron chi connectivity index (χ0n) is 10.5. The van der Waals surface area contributed by atoms with Gasteiger partial charge in [-0.25, -0.2) is 4.79 Å². The standard InChI is InChI=1S/C12H16ClNO4/c1-7(12(15)16)18-11-8(6-14-2)4-9(13)5-10(11)17-3/h4-5,7,14H,6H2,1-3H3,(H,15,16). The molecule has 0 amide bonds. The van der Waals surface area contributed by atoms with Crippen LogP contribution in [0.15, 0.2) is 12.1 Å². The fourth-order valence-electron chi connectivity index (χ4n) is 1.46. The summed E-state index contributed by atoms with van der Waals surface area (Å²) in [5, 5.41) is 12.3. The molecule has 100 valence electrons. The zero-order valence-corrected chi connectivity index (χ0v) is 11.2. The van der Waals surface area contributed by atoms with E-state index in [0.29, 0.717) is 23.1 Å². The molecule has 0 aliphatic heterocycles. The monoisotopic (exact) mass is 273 g/mol.